The van der Waals surface area contributed by atoms with Crippen LogP contribution in [0.1, 0.15) is 31.4 Å². The summed E-state index contributed by atoms with van der Waals surface area (Å²) in [6, 6.07) is 8.35. The number of halogens is 1. The highest BCUT2D eigenvalue weighted by molar-refractivity contribution is 14.0. The number of methoxy groups -OCH3 is 1. The molecule has 1 aromatic rings. The van der Waals surface area contributed by atoms with Gasteiger partial charge in [0.25, 0.3) is 0 Å². The molecule has 0 atom stereocenters. The van der Waals surface area contributed by atoms with Crippen molar-refractivity contribution in [2.45, 2.75) is 33.4 Å². The van der Waals surface area contributed by atoms with E-state index < -0.39 is 0 Å². The van der Waals surface area contributed by atoms with Gasteiger partial charge in [-0.15, -0.1) is 24.0 Å². The van der Waals surface area contributed by atoms with Crippen molar-refractivity contribution in [1.29, 1.82) is 0 Å². The van der Waals surface area contributed by atoms with Crippen LogP contribution in [-0.4, -0.2) is 39.4 Å². The van der Waals surface area contributed by atoms with Gasteiger partial charge in [0.15, 0.2) is 5.96 Å². The molecule has 0 spiro atoms. The molecule has 2 N–H and O–H groups in total. The van der Waals surface area contributed by atoms with E-state index in [-0.39, 0.29) is 24.0 Å². The number of hydrogen-bond donors (Lipinski definition) is 2. The monoisotopic (exact) mass is 435 g/mol. The van der Waals surface area contributed by atoms with E-state index in [4.69, 9.17) is 9.47 Å². The van der Waals surface area contributed by atoms with Crippen LogP contribution in [0.2, 0.25) is 0 Å². The lowest BCUT2D eigenvalue weighted by Gasteiger charge is -2.11. The fraction of sp³-hybridized carbons (Fsp3) is 0.588. The Morgan fingerprint density at radius 1 is 1.09 bits per heavy atom. The minimum atomic E-state index is 0. The van der Waals surface area contributed by atoms with Gasteiger partial charge in [-0.2, -0.15) is 0 Å². The van der Waals surface area contributed by atoms with E-state index >= 15 is 0 Å². The average molecular weight is 435 g/mol. The molecule has 0 aromatic heterocycles. The normalized spacial score (nSPS) is 11.0. The summed E-state index contributed by atoms with van der Waals surface area (Å²) in [6.07, 6.45) is 0.976. The predicted molar refractivity (Wildman–Crippen MR) is 106 cm³/mol. The van der Waals surface area contributed by atoms with E-state index in [0.717, 1.165) is 38.7 Å². The van der Waals surface area contributed by atoms with Crippen molar-refractivity contribution in [3.05, 3.63) is 35.4 Å². The largest absolute Gasteiger partial charge is 0.382 e. The lowest BCUT2D eigenvalue weighted by Crippen LogP contribution is -2.38. The lowest BCUT2D eigenvalue weighted by molar-refractivity contribution is 0.145. The van der Waals surface area contributed by atoms with E-state index in [1.165, 1.54) is 11.1 Å². The Morgan fingerprint density at radius 2 is 1.78 bits per heavy atom. The quantitative estimate of drug-likeness (QED) is 0.257. The van der Waals surface area contributed by atoms with Crippen LogP contribution in [-0.2, 0) is 22.6 Å². The van der Waals surface area contributed by atoms with Crippen molar-refractivity contribution >= 4 is 29.9 Å². The number of nitrogens with zero attached hydrogens (tertiary/aromatic N) is 1. The first-order valence-corrected chi connectivity index (χ1v) is 7.96. The molecule has 0 unspecified atom stereocenters. The van der Waals surface area contributed by atoms with Crippen LogP contribution in [0.3, 0.4) is 0 Å². The van der Waals surface area contributed by atoms with Crippen molar-refractivity contribution in [3.8, 4) is 0 Å². The number of ether oxygens (including phenoxy) is 2. The molecule has 0 amide bonds. The molecule has 23 heavy (non-hydrogen) atoms. The van der Waals surface area contributed by atoms with Gasteiger partial charge in [0, 0.05) is 33.4 Å². The van der Waals surface area contributed by atoms with Gasteiger partial charge in [0.2, 0.25) is 0 Å². The molecule has 0 heterocycles. The molecule has 132 valence electrons. The van der Waals surface area contributed by atoms with Gasteiger partial charge in [-0.3, -0.25) is 0 Å². The van der Waals surface area contributed by atoms with Crippen LogP contribution in [0, 0.1) is 0 Å². The number of nitrogens with one attached hydrogen (secondary N) is 2. The average Bonchev–Trinajstić information content (AvgIpc) is 2.54. The minimum absolute atomic E-state index is 0. The molecule has 1 rings (SSSR count). The number of hydrogen-bond acceptors (Lipinski definition) is 3. The minimum Gasteiger partial charge on any atom is -0.382 e. The van der Waals surface area contributed by atoms with Crippen LogP contribution in [0.25, 0.3) is 0 Å². The van der Waals surface area contributed by atoms with Crippen molar-refractivity contribution < 1.29 is 9.47 Å². The summed E-state index contributed by atoms with van der Waals surface area (Å²) < 4.78 is 10.4. The highest BCUT2D eigenvalue weighted by Gasteiger charge is 1.98. The molecule has 0 bridgehead atoms. The van der Waals surface area contributed by atoms with E-state index in [9.17, 15) is 0 Å². The molecule has 0 aliphatic carbocycles. The molecule has 0 saturated carbocycles. The molecule has 0 radical (unpaired) electrons. The first-order chi connectivity index (χ1) is 10.8. The van der Waals surface area contributed by atoms with Crippen molar-refractivity contribution in [2.24, 2.45) is 4.99 Å². The highest BCUT2D eigenvalue weighted by Crippen LogP contribution is 2.06. The summed E-state index contributed by atoms with van der Waals surface area (Å²) in [5.74, 6) is 0.847. The molecule has 5 nitrogen and oxygen atoms in total. The summed E-state index contributed by atoms with van der Waals surface area (Å²) in [4.78, 5) is 4.60. The third-order valence-electron chi connectivity index (χ3n) is 3.06. The topological polar surface area (TPSA) is 54.9 Å². The van der Waals surface area contributed by atoms with Gasteiger partial charge < -0.3 is 20.1 Å². The van der Waals surface area contributed by atoms with E-state index in [2.05, 4.69) is 46.8 Å². The Bertz CT molecular complexity index is 424. The van der Waals surface area contributed by atoms with E-state index in [1.54, 1.807) is 7.11 Å². The zero-order valence-corrected chi connectivity index (χ0v) is 16.8. The SMILES string of the molecule is CCNC(=NCc1ccc(COC)cc1)NCCCOCC.I. The Kier molecular flexibility index (Phi) is 14.2. The first-order valence-electron chi connectivity index (χ1n) is 7.96. The van der Waals surface area contributed by atoms with E-state index in [0.29, 0.717) is 13.2 Å². The van der Waals surface area contributed by atoms with Gasteiger partial charge in [0.05, 0.1) is 13.2 Å². The van der Waals surface area contributed by atoms with Gasteiger partial charge >= 0.3 is 0 Å². The smallest absolute Gasteiger partial charge is 0.191 e. The molecular weight excluding hydrogens is 405 g/mol. The summed E-state index contributed by atoms with van der Waals surface area (Å²) in [5, 5.41) is 6.57. The number of rotatable bonds is 10. The van der Waals surface area contributed by atoms with Crippen LogP contribution in [0.4, 0.5) is 0 Å². The second-order valence-corrected chi connectivity index (χ2v) is 4.92. The molecule has 1 aromatic carbocycles. The van der Waals surface area contributed by atoms with Crippen LogP contribution >= 0.6 is 24.0 Å². The maximum Gasteiger partial charge on any atom is 0.191 e. The summed E-state index contributed by atoms with van der Waals surface area (Å²) in [7, 11) is 1.71. The Labute approximate surface area is 157 Å². The van der Waals surface area contributed by atoms with Gasteiger partial charge in [-0.25, -0.2) is 4.99 Å². The third-order valence-corrected chi connectivity index (χ3v) is 3.06. The zero-order chi connectivity index (χ0) is 16.0. The number of aliphatic imine (C=N–C) groups is 1. The lowest BCUT2D eigenvalue weighted by atomic mass is 10.1. The second kappa shape index (κ2) is 14.7. The molecule has 0 saturated heterocycles. The third kappa shape index (κ3) is 10.5. The van der Waals surface area contributed by atoms with Gasteiger partial charge in [0.1, 0.15) is 0 Å². The standard InChI is InChI=1S/C17H29N3O2.HI/c1-4-18-17(19-11-6-12-22-5-2)20-13-15-7-9-16(10-8-15)14-21-3;/h7-10H,4-6,11-14H2,1-3H3,(H2,18,19,20);1H. The highest BCUT2D eigenvalue weighted by atomic mass is 127. The maximum absolute atomic E-state index is 5.33. The summed E-state index contributed by atoms with van der Waals surface area (Å²) in [5.41, 5.74) is 2.36. The predicted octanol–water partition coefficient (Wildman–Crippen LogP) is 2.93. The van der Waals surface area contributed by atoms with Crippen LogP contribution in [0.15, 0.2) is 29.3 Å². The maximum atomic E-state index is 5.33. The van der Waals surface area contributed by atoms with Crippen molar-refractivity contribution in [3.63, 3.8) is 0 Å². The van der Waals surface area contributed by atoms with Crippen LogP contribution in [0.5, 0.6) is 0 Å². The number of benzene rings is 1. The van der Waals surface area contributed by atoms with Crippen LogP contribution < -0.4 is 10.6 Å². The summed E-state index contributed by atoms with van der Waals surface area (Å²) >= 11 is 0. The zero-order valence-electron chi connectivity index (χ0n) is 14.4. The van der Waals surface area contributed by atoms with Gasteiger partial charge in [-0.05, 0) is 31.4 Å². The molecule has 6 heteroatoms. The number of guanidine groups is 1. The van der Waals surface area contributed by atoms with E-state index in [1.807, 2.05) is 6.92 Å². The molecule has 0 aliphatic rings. The molecule has 0 aliphatic heterocycles. The Balaban J connectivity index is 0.00000484. The Hall–Kier alpha value is -0.860. The fourth-order valence-corrected chi connectivity index (χ4v) is 1.95. The van der Waals surface area contributed by atoms with Gasteiger partial charge in [-0.1, -0.05) is 24.3 Å². The van der Waals surface area contributed by atoms with Crippen molar-refractivity contribution in [1.82, 2.24) is 10.6 Å². The van der Waals surface area contributed by atoms with Crippen molar-refractivity contribution in [2.75, 3.05) is 33.4 Å². The second-order valence-electron chi connectivity index (χ2n) is 4.92. The first kappa shape index (κ1) is 22.1. The molecular formula is C17H30IN3O2. The molecule has 0 fully saturated rings. The fourth-order valence-electron chi connectivity index (χ4n) is 1.95. The Morgan fingerprint density at radius 3 is 2.39 bits per heavy atom. The summed E-state index contributed by atoms with van der Waals surface area (Å²) in [6.45, 7) is 8.65.